The third kappa shape index (κ3) is 3.75. The van der Waals surface area contributed by atoms with Crippen LogP contribution in [0.15, 0.2) is 30.6 Å². The Bertz CT molecular complexity index is 596. The van der Waals surface area contributed by atoms with Gasteiger partial charge >= 0.3 is 0 Å². The summed E-state index contributed by atoms with van der Waals surface area (Å²) in [6, 6.07) is 5.65. The molecular formula is C15H19N3O3. The lowest BCUT2D eigenvalue weighted by Crippen LogP contribution is -2.22. The zero-order valence-electron chi connectivity index (χ0n) is 12.3. The first-order valence-corrected chi connectivity index (χ1v) is 6.65. The average molecular weight is 289 g/mol. The van der Waals surface area contributed by atoms with Crippen molar-refractivity contribution in [2.24, 2.45) is 5.92 Å². The minimum atomic E-state index is -0.187. The summed E-state index contributed by atoms with van der Waals surface area (Å²) in [7, 11) is 3.19. The van der Waals surface area contributed by atoms with E-state index in [1.807, 2.05) is 25.1 Å². The molecule has 21 heavy (non-hydrogen) atoms. The lowest BCUT2D eigenvalue weighted by Gasteiger charge is -2.13. The molecule has 0 fully saturated rings. The highest BCUT2D eigenvalue weighted by Crippen LogP contribution is 2.28. The normalized spacial score (nSPS) is 11.8. The summed E-state index contributed by atoms with van der Waals surface area (Å²) in [6.07, 6.45) is 3.86. The van der Waals surface area contributed by atoms with Crippen LogP contribution in [0.25, 0.3) is 0 Å². The van der Waals surface area contributed by atoms with Crippen LogP contribution in [0.2, 0.25) is 0 Å². The van der Waals surface area contributed by atoms with E-state index in [0.717, 1.165) is 5.56 Å². The van der Waals surface area contributed by atoms with E-state index in [1.165, 1.54) is 0 Å². The Kier molecular flexibility index (Phi) is 4.81. The molecule has 6 nitrogen and oxygen atoms in total. The number of nitrogens with one attached hydrogen (secondary N) is 2. The third-order valence-electron chi connectivity index (χ3n) is 3.18. The van der Waals surface area contributed by atoms with Crippen molar-refractivity contribution in [1.29, 1.82) is 0 Å². The molecule has 1 aromatic carbocycles. The molecule has 112 valence electrons. The predicted octanol–water partition coefficient (Wildman–Crippen LogP) is 2.24. The number of carbonyl (C=O) groups excluding carboxylic acids is 1. The number of amides is 1. The average Bonchev–Trinajstić information content (AvgIpc) is 2.99. The van der Waals surface area contributed by atoms with Gasteiger partial charge in [-0.2, -0.15) is 0 Å². The fourth-order valence-electron chi connectivity index (χ4n) is 2.03. The van der Waals surface area contributed by atoms with Gasteiger partial charge in [0.25, 0.3) is 0 Å². The Morgan fingerprint density at radius 1 is 1.33 bits per heavy atom. The second-order valence-corrected chi connectivity index (χ2v) is 4.72. The first-order chi connectivity index (χ1) is 10.1. The van der Waals surface area contributed by atoms with Crippen molar-refractivity contribution in [3.05, 3.63) is 36.2 Å². The Labute approximate surface area is 123 Å². The van der Waals surface area contributed by atoms with Crippen LogP contribution in [-0.2, 0) is 11.2 Å². The van der Waals surface area contributed by atoms with Crippen LogP contribution < -0.4 is 14.8 Å². The summed E-state index contributed by atoms with van der Waals surface area (Å²) < 4.78 is 10.5. The van der Waals surface area contributed by atoms with E-state index in [-0.39, 0.29) is 11.8 Å². The SMILES string of the molecule is COc1ccc(CC(C)C(=O)Nc2ncc[nH]2)cc1OC. The van der Waals surface area contributed by atoms with Gasteiger partial charge in [-0.1, -0.05) is 13.0 Å². The molecule has 0 aliphatic heterocycles. The Hall–Kier alpha value is -2.50. The maximum absolute atomic E-state index is 12.1. The summed E-state index contributed by atoms with van der Waals surface area (Å²) in [5, 5.41) is 2.73. The van der Waals surface area contributed by atoms with Crippen LogP contribution in [0.4, 0.5) is 5.95 Å². The van der Waals surface area contributed by atoms with Crippen LogP contribution in [0, 0.1) is 5.92 Å². The maximum Gasteiger partial charge on any atom is 0.229 e. The second-order valence-electron chi connectivity index (χ2n) is 4.72. The number of carbonyl (C=O) groups is 1. The fourth-order valence-corrected chi connectivity index (χ4v) is 2.03. The van der Waals surface area contributed by atoms with E-state index in [0.29, 0.717) is 23.9 Å². The standard InChI is InChI=1S/C15H19N3O3/c1-10(14(19)18-15-16-6-7-17-15)8-11-4-5-12(20-2)13(9-11)21-3/h4-7,9-10H,8H2,1-3H3,(H2,16,17,18,19). The topological polar surface area (TPSA) is 76.2 Å². The summed E-state index contributed by atoms with van der Waals surface area (Å²) in [5.74, 6) is 1.52. The number of aromatic nitrogens is 2. The largest absolute Gasteiger partial charge is 0.493 e. The van der Waals surface area contributed by atoms with Gasteiger partial charge in [-0.25, -0.2) is 4.98 Å². The Morgan fingerprint density at radius 2 is 2.10 bits per heavy atom. The van der Waals surface area contributed by atoms with Gasteiger partial charge in [0, 0.05) is 18.3 Å². The number of nitrogens with zero attached hydrogens (tertiary/aromatic N) is 1. The van der Waals surface area contributed by atoms with E-state index in [1.54, 1.807) is 26.6 Å². The van der Waals surface area contributed by atoms with Crippen molar-refractivity contribution in [2.75, 3.05) is 19.5 Å². The molecule has 0 saturated carbocycles. The van der Waals surface area contributed by atoms with Crippen molar-refractivity contribution in [1.82, 2.24) is 9.97 Å². The van der Waals surface area contributed by atoms with Gasteiger partial charge in [0.05, 0.1) is 14.2 Å². The number of ether oxygens (including phenoxy) is 2. The quantitative estimate of drug-likeness (QED) is 0.855. The van der Waals surface area contributed by atoms with Crippen molar-refractivity contribution in [2.45, 2.75) is 13.3 Å². The molecule has 1 atom stereocenters. The van der Waals surface area contributed by atoms with Crippen molar-refractivity contribution in [3.8, 4) is 11.5 Å². The number of methoxy groups -OCH3 is 2. The van der Waals surface area contributed by atoms with E-state index in [9.17, 15) is 4.79 Å². The van der Waals surface area contributed by atoms with Gasteiger partial charge in [0.2, 0.25) is 11.9 Å². The summed E-state index contributed by atoms with van der Waals surface area (Å²) in [5.41, 5.74) is 1.01. The van der Waals surface area contributed by atoms with Gasteiger partial charge in [-0.05, 0) is 24.1 Å². The van der Waals surface area contributed by atoms with E-state index >= 15 is 0 Å². The summed E-state index contributed by atoms with van der Waals surface area (Å²) in [4.78, 5) is 18.9. The van der Waals surface area contributed by atoms with Crippen LogP contribution >= 0.6 is 0 Å². The number of anilines is 1. The fraction of sp³-hybridized carbons (Fsp3) is 0.333. The number of hydrogen-bond donors (Lipinski definition) is 2. The molecule has 0 aliphatic rings. The first kappa shape index (κ1) is 14.9. The van der Waals surface area contributed by atoms with Crippen LogP contribution in [0.5, 0.6) is 11.5 Å². The highest BCUT2D eigenvalue weighted by Gasteiger charge is 2.15. The zero-order chi connectivity index (χ0) is 15.2. The molecule has 0 radical (unpaired) electrons. The highest BCUT2D eigenvalue weighted by atomic mass is 16.5. The number of imidazole rings is 1. The van der Waals surface area contributed by atoms with Crippen molar-refractivity contribution in [3.63, 3.8) is 0 Å². The molecule has 1 amide bonds. The molecule has 0 bridgehead atoms. The van der Waals surface area contributed by atoms with Crippen LogP contribution in [0.3, 0.4) is 0 Å². The highest BCUT2D eigenvalue weighted by molar-refractivity contribution is 5.90. The molecule has 2 N–H and O–H groups in total. The molecule has 2 rings (SSSR count). The molecule has 0 saturated heterocycles. The lowest BCUT2D eigenvalue weighted by atomic mass is 10.00. The minimum Gasteiger partial charge on any atom is -0.493 e. The molecular weight excluding hydrogens is 270 g/mol. The van der Waals surface area contributed by atoms with Crippen LogP contribution in [-0.4, -0.2) is 30.1 Å². The van der Waals surface area contributed by atoms with E-state index < -0.39 is 0 Å². The minimum absolute atomic E-state index is 0.0836. The Morgan fingerprint density at radius 3 is 2.71 bits per heavy atom. The lowest BCUT2D eigenvalue weighted by molar-refractivity contribution is -0.119. The molecule has 1 aromatic heterocycles. The van der Waals surface area contributed by atoms with Gasteiger partial charge in [0.1, 0.15) is 0 Å². The Balaban J connectivity index is 2.01. The number of aromatic amines is 1. The molecule has 0 spiro atoms. The second kappa shape index (κ2) is 6.78. The smallest absolute Gasteiger partial charge is 0.229 e. The molecule has 2 aromatic rings. The number of benzene rings is 1. The molecule has 1 heterocycles. The van der Waals surface area contributed by atoms with Crippen LogP contribution in [0.1, 0.15) is 12.5 Å². The zero-order valence-corrected chi connectivity index (χ0v) is 12.3. The number of hydrogen-bond acceptors (Lipinski definition) is 4. The first-order valence-electron chi connectivity index (χ1n) is 6.65. The van der Waals surface area contributed by atoms with Crippen molar-refractivity contribution >= 4 is 11.9 Å². The molecule has 6 heteroatoms. The number of H-pyrrole nitrogens is 1. The van der Waals surface area contributed by atoms with Gasteiger partial charge in [-0.3, -0.25) is 10.1 Å². The van der Waals surface area contributed by atoms with E-state index in [2.05, 4.69) is 15.3 Å². The van der Waals surface area contributed by atoms with Gasteiger partial charge in [0.15, 0.2) is 11.5 Å². The third-order valence-corrected chi connectivity index (χ3v) is 3.18. The maximum atomic E-state index is 12.1. The summed E-state index contributed by atoms with van der Waals surface area (Å²) >= 11 is 0. The predicted molar refractivity (Wildman–Crippen MR) is 79.6 cm³/mol. The van der Waals surface area contributed by atoms with Gasteiger partial charge in [-0.15, -0.1) is 0 Å². The molecule has 0 aliphatic carbocycles. The van der Waals surface area contributed by atoms with Crippen molar-refractivity contribution < 1.29 is 14.3 Å². The summed E-state index contributed by atoms with van der Waals surface area (Å²) in [6.45, 7) is 1.87. The van der Waals surface area contributed by atoms with E-state index in [4.69, 9.17) is 9.47 Å². The van der Waals surface area contributed by atoms with Gasteiger partial charge < -0.3 is 14.5 Å². The monoisotopic (exact) mass is 289 g/mol. The molecule has 1 unspecified atom stereocenters. The number of rotatable bonds is 6.